The fourth-order valence-electron chi connectivity index (χ4n) is 3.05. The quantitative estimate of drug-likeness (QED) is 0.670. The van der Waals surface area contributed by atoms with E-state index in [1.807, 2.05) is 0 Å². The minimum atomic E-state index is -2.67. The third-order valence-electron chi connectivity index (χ3n) is 4.48. The summed E-state index contributed by atoms with van der Waals surface area (Å²) < 4.78 is 42.0. The van der Waals surface area contributed by atoms with Crippen molar-refractivity contribution in [1.82, 2.24) is 19.6 Å². The number of halogens is 3. The summed E-state index contributed by atoms with van der Waals surface area (Å²) in [5.74, 6) is -0.206. The molecule has 0 spiro atoms. The lowest BCUT2D eigenvalue weighted by Crippen LogP contribution is -2.21. The van der Waals surface area contributed by atoms with Gasteiger partial charge in [-0.2, -0.15) is 10.2 Å². The first-order valence-corrected chi connectivity index (χ1v) is 8.91. The summed E-state index contributed by atoms with van der Waals surface area (Å²) in [6.45, 7) is 0.200. The third kappa shape index (κ3) is 4.24. The van der Waals surface area contributed by atoms with E-state index >= 15 is 0 Å². The van der Waals surface area contributed by atoms with Gasteiger partial charge in [-0.15, -0.1) is 0 Å². The van der Waals surface area contributed by atoms with E-state index in [-0.39, 0.29) is 24.0 Å². The van der Waals surface area contributed by atoms with Crippen molar-refractivity contribution in [3.05, 3.63) is 65.4 Å². The van der Waals surface area contributed by atoms with Gasteiger partial charge in [0, 0.05) is 23.9 Å². The maximum Gasteiger partial charge on any atom is 0.282 e. The van der Waals surface area contributed by atoms with Crippen molar-refractivity contribution in [3.8, 4) is 0 Å². The number of carbonyl (C=O) groups is 1. The van der Waals surface area contributed by atoms with Gasteiger partial charge in [0.15, 0.2) is 5.82 Å². The van der Waals surface area contributed by atoms with Crippen molar-refractivity contribution >= 4 is 11.7 Å². The zero-order chi connectivity index (χ0) is 19.7. The Balaban J connectivity index is 1.40. The molecular weight excluding hydrogens is 371 g/mol. The smallest absolute Gasteiger partial charge is 0.282 e. The van der Waals surface area contributed by atoms with E-state index in [0.717, 1.165) is 18.4 Å². The molecule has 1 fully saturated rings. The number of aromatic nitrogens is 4. The summed E-state index contributed by atoms with van der Waals surface area (Å²) in [6, 6.07) is 9.17. The Hall–Kier alpha value is -3.10. The first-order valence-electron chi connectivity index (χ1n) is 8.91. The van der Waals surface area contributed by atoms with Gasteiger partial charge in [-0.3, -0.25) is 14.2 Å². The summed E-state index contributed by atoms with van der Waals surface area (Å²) in [4.78, 5) is 12.3. The van der Waals surface area contributed by atoms with Crippen molar-refractivity contribution < 1.29 is 18.0 Å². The predicted octanol–water partition coefficient (Wildman–Crippen LogP) is 3.72. The number of hydrogen-bond acceptors (Lipinski definition) is 3. The van der Waals surface area contributed by atoms with Gasteiger partial charge in [0.05, 0.1) is 6.54 Å². The van der Waals surface area contributed by atoms with Crippen molar-refractivity contribution in [2.45, 2.75) is 38.3 Å². The second kappa shape index (κ2) is 7.49. The molecule has 0 aliphatic heterocycles. The zero-order valence-corrected chi connectivity index (χ0v) is 14.9. The van der Waals surface area contributed by atoms with Gasteiger partial charge in [-0.05, 0) is 36.6 Å². The van der Waals surface area contributed by atoms with Crippen molar-refractivity contribution in [2.24, 2.45) is 0 Å². The molecule has 1 saturated carbocycles. The molecule has 1 aromatic carbocycles. The Kier molecular flexibility index (Phi) is 4.89. The molecule has 2 heterocycles. The highest BCUT2D eigenvalue weighted by Crippen LogP contribution is 2.41. The molecule has 146 valence electrons. The van der Waals surface area contributed by atoms with Gasteiger partial charge < -0.3 is 5.32 Å². The number of rotatable bonds is 7. The van der Waals surface area contributed by atoms with Gasteiger partial charge >= 0.3 is 0 Å². The highest BCUT2D eigenvalue weighted by molar-refractivity contribution is 5.89. The molecule has 1 N–H and O–H groups in total. The molecule has 0 bridgehead atoms. The van der Waals surface area contributed by atoms with Crippen LogP contribution in [0.1, 0.15) is 42.1 Å². The number of hydrogen-bond donors (Lipinski definition) is 1. The monoisotopic (exact) mass is 389 g/mol. The molecule has 1 aliphatic carbocycles. The summed E-state index contributed by atoms with van der Waals surface area (Å²) in [5.41, 5.74) is 1.10. The molecule has 3 aromatic rings. The first kappa shape index (κ1) is 18.3. The van der Waals surface area contributed by atoms with Gasteiger partial charge in [0.2, 0.25) is 5.91 Å². The van der Waals surface area contributed by atoms with Crippen LogP contribution in [0.2, 0.25) is 0 Å². The summed E-state index contributed by atoms with van der Waals surface area (Å²) in [5, 5.41) is 10.7. The lowest BCUT2D eigenvalue weighted by molar-refractivity contribution is -0.117. The Morgan fingerprint density at radius 2 is 2.04 bits per heavy atom. The van der Waals surface area contributed by atoms with Crippen LogP contribution in [0.25, 0.3) is 0 Å². The van der Waals surface area contributed by atoms with Crippen molar-refractivity contribution in [3.63, 3.8) is 0 Å². The van der Waals surface area contributed by atoms with Crippen LogP contribution in [-0.4, -0.2) is 25.5 Å². The van der Waals surface area contributed by atoms with E-state index in [1.54, 1.807) is 29.1 Å². The number of amides is 1. The maximum atomic E-state index is 13.3. The van der Waals surface area contributed by atoms with Gasteiger partial charge in [0.1, 0.15) is 18.1 Å². The highest BCUT2D eigenvalue weighted by atomic mass is 19.3. The van der Waals surface area contributed by atoms with Crippen molar-refractivity contribution in [2.75, 3.05) is 5.32 Å². The molecule has 2 aromatic heterocycles. The molecule has 0 saturated heterocycles. The van der Waals surface area contributed by atoms with Crippen LogP contribution in [-0.2, 0) is 17.9 Å². The Morgan fingerprint density at radius 1 is 1.21 bits per heavy atom. The predicted molar refractivity (Wildman–Crippen MR) is 95.5 cm³/mol. The summed E-state index contributed by atoms with van der Waals surface area (Å²) in [7, 11) is 0. The Bertz CT molecular complexity index is 993. The van der Waals surface area contributed by atoms with Crippen LogP contribution in [0, 0.1) is 5.82 Å². The standard InChI is InChI=1S/C19H18F3N5O/c20-14-3-1-2-12(8-14)10-26-7-6-17(25-26)23-18(28)11-27-16(13-4-5-13)9-15(24-27)19(21)22/h1-3,6-9,13,19H,4-5,10-11H2,(H,23,25,28). The molecule has 4 rings (SSSR count). The van der Waals surface area contributed by atoms with E-state index in [9.17, 15) is 18.0 Å². The lowest BCUT2D eigenvalue weighted by Gasteiger charge is -2.06. The van der Waals surface area contributed by atoms with E-state index in [4.69, 9.17) is 0 Å². The zero-order valence-electron chi connectivity index (χ0n) is 14.9. The number of benzene rings is 1. The Morgan fingerprint density at radius 3 is 2.75 bits per heavy atom. The average molecular weight is 389 g/mol. The maximum absolute atomic E-state index is 13.3. The Labute approximate surface area is 159 Å². The van der Waals surface area contributed by atoms with Crippen LogP contribution in [0.4, 0.5) is 19.0 Å². The van der Waals surface area contributed by atoms with E-state index in [2.05, 4.69) is 15.5 Å². The number of nitrogens with zero attached hydrogens (tertiary/aromatic N) is 4. The van der Waals surface area contributed by atoms with Crippen LogP contribution < -0.4 is 5.32 Å². The lowest BCUT2D eigenvalue weighted by atomic mass is 10.2. The largest absolute Gasteiger partial charge is 0.308 e. The van der Waals surface area contributed by atoms with Crippen LogP contribution >= 0.6 is 0 Å². The SMILES string of the molecule is O=C(Cn1nc(C(F)F)cc1C1CC1)Nc1ccn(Cc2cccc(F)c2)n1. The molecule has 1 aliphatic rings. The summed E-state index contributed by atoms with van der Waals surface area (Å²) in [6.07, 6.45) is 0.834. The van der Waals surface area contributed by atoms with Gasteiger partial charge in [0.25, 0.3) is 6.43 Å². The normalized spacial score (nSPS) is 13.9. The molecular formula is C19H18F3N5O. The topological polar surface area (TPSA) is 64.7 Å². The molecule has 0 unspecified atom stereocenters. The van der Waals surface area contributed by atoms with E-state index < -0.39 is 12.3 Å². The molecule has 6 nitrogen and oxygen atoms in total. The number of anilines is 1. The molecule has 28 heavy (non-hydrogen) atoms. The first-order chi connectivity index (χ1) is 13.5. The number of nitrogens with one attached hydrogen (secondary N) is 1. The average Bonchev–Trinajstić information content (AvgIpc) is 3.25. The van der Waals surface area contributed by atoms with E-state index in [1.165, 1.54) is 22.9 Å². The van der Waals surface area contributed by atoms with Crippen molar-refractivity contribution in [1.29, 1.82) is 0 Å². The molecule has 0 atom stereocenters. The van der Waals surface area contributed by atoms with Crippen LogP contribution in [0.3, 0.4) is 0 Å². The van der Waals surface area contributed by atoms with Crippen LogP contribution in [0.5, 0.6) is 0 Å². The summed E-state index contributed by atoms with van der Waals surface area (Å²) >= 11 is 0. The van der Waals surface area contributed by atoms with E-state index in [0.29, 0.717) is 18.1 Å². The van der Waals surface area contributed by atoms with Gasteiger partial charge in [-0.25, -0.2) is 13.2 Å². The fourth-order valence-corrected chi connectivity index (χ4v) is 3.05. The molecule has 9 heteroatoms. The molecule has 1 amide bonds. The number of alkyl halides is 2. The second-order valence-corrected chi connectivity index (χ2v) is 6.80. The number of carbonyl (C=O) groups excluding carboxylic acids is 1. The minimum absolute atomic E-state index is 0.157. The second-order valence-electron chi connectivity index (χ2n) is 6.80. The van der Waals surface area contributed by atoms with Gasteiger partial charge in [-0.1, -0.05) is 12.1 Å². The minimum Gasteiger partial charge on any atom is -0.308 e. The third-order valence-corrected chi connectivity index (χ3v) is 4.48. The fraction of sp³-hybridized carbons (Fsp3) is 0.316. The molecule has 0 radical (unpaired) electrons. The van der Waals surface area contributed by atoms with Crippen LogP contribution in [0.15, 0.2) is 42.6 Å². The highest BCUT2D eigenvalue weighted by Gasteiger charge is 2.30.